The zero-order valence-corrected chi connectivity index (χ0v) is 57.4. The van der Waals surface area contributed by atoms with Gasteiger partial charge in [0.25, 0.3) is 0 Å². The van der Waals surface area contributed by atoms with Crippen molar-refractivity contribution in [2.24, 2.45) is 0 Å². The van der Waals surface area contributed by atoms with Crippen molar-refractivity contribution in [1.29, 1.82) is 0 Å². The zero-order valence-electron chi connectivity index (χ0n) is 56.5. The predicted octanol–water partition coefficient (Wildman–Crippen LogP) is 23.0. The molecule has 0 spiro atoms. The molecule has 0 aromatic carbocycles. The van der Waals surface area contributed by atoms with Gasteiger partial charge in [0.05, 0.1) is 39.9 Å². The number of phosphoric ester groups is 1. The van der Waals surface area contributed by atoms with Gasteiger partial charge in [-0.05, 0) is 109 Å². The van der Waals surface area contributed by atoms with Crippen molar-refractivity contribution in [2.75, 3.05) is 40.9 Å². The van der Waals surface area contributed by atoms with Gasteiger partial charge in [0.2, 0.25) is 5.91 Å². The monoisotopic (exact) mass is 1220 g/mol. The molecule has 0 aliphatic carbocycles. The van der Waals surface area contributed by atoms with Gasteiger partial charge in [0, 0.05) is 6.42 Å². The fraction of sp³-hybridized carbons (Fsp3) is 0.701. The van der Waals surface area contributed by atoms with Crippen LogP contribution in [-0.2, 0) is 18.4 Å². The van der Waals surface area contributed by atoms with Gasteiger partial charge in [0.15, 0.2) is 0 Å². The van der Waals surface area contributed by atoms with Gasteiger partial charge in [-0.2, -0.15) is 0 Å². The van der Waals surface area contributed by atoms with E-state index in [0.717, 1.165) is 96.3 Å². The summed E-state index contributed by atoms with van der Waals surface area (Å²) in [6.45, 7) is 4.69. The summed E-state index contributed by atoms with van der Waals surface area (Å²) in [6, 6.07) is -0.881. The number of allylic oxidation sites excluding steroid dienone is 21. The summed E-state index contributed by atoms with van der Waals surface area (Å²) in [5.41, 5.74) is 0. The highest BCUT2D eigenvalue weighted by molar-refractivity contribution is 7.47. The number of phosphoric acid groups is 1. The molecule has 9 heteroatoms. The Hall–Kier alpha value is -3.36. The number of aliphatic hydroxyl groups is 1. The normalized spacial score (nSPS) is 14.5. The lowest BCUT2D eigenvalue weighted by molar-refractivity contribution is -0.870. The number of unbranched alkanes of at least 4 members (excludes halogenated alkanes) is 31. The summed E-state index contributed by atoms with van der Waals surface area (Å²) in [7, 11) is 1.54. The van der Waals surface area contributed by atoms with Gasteiger partial charge in [-0.25, -0.2) is 4.57 Å². The van der Waals surface area contributed by atoms with Crippen LogP contribution in [0.25, 0.3) is 0 Å². The van der Waals surface area contributed by atoms with E-state index >= 15 is 0 Å². The molecule has 0 aliphatic rings. The van der Waals surface area contributed by atoms with Crippen molar-refractivity contribution < 1.29 is 32.9 Å². The Morgan fingerprint density at radius 3 is 1.07 bits per heavy atom. The minimum absolute atomic E-state index is 0.0476. The van der Waals surface area contributed by atoms with E-state index in [-0.39, 0.29) is 19.1 Å². The van der Waals surface area contributed by atoms with Gasteiger partial charge in [0.1, 0.15) is 13.2 Å². The summed E-state index contributed by atoms with van der Waals surface area (Å²) in [5.74, 6) is -0.196. The van der Waals surface area contributed by atoms with Crippen LogP contribution in [0.1, 0.15) is 296 Å². The van der Waals surface area contributed by atoms with E-state index < -0.39 is 20.0 Å². The number of carbonyl (C=O) groups is 1. The van der Waals surface area contributed by atoms with Crippen LogP contribution in [0.3, 0.4) is 0 Å². The standard InChI is InChI=1S/C77H135N2O6P/c1-6-8-10-12-14-16-18-20-22-24-26-28-30-32-34-35-36-37-38-39-40-41-42-43-45-47-49-51-53-55-57-59-61-63-65-67-69-71-77(81)78-75(74-85-86(82,83)84-73-72-79(3,4)5)76(80)70-68-66-64-62-60-58-56-54-52-50-48-46-44-33-31-29-27-25-23-21-19-17-15-13-11-9-7-2/h8,10,14,16,20,22,26,28,32,34,36-37,39-40,42-43,52,54,60,62,68,70,75-76,80H,6-7,9,11-13,15,17-19,21,23-25,27,29-31,33,35,38,41,44-51,53,55-59,61,63-67,69,71-74H2,1-5H3,(H-,78,81,82,83)/p+1/b10-8-,16-14-,22-20-,28-26-,34-32-,37-36-,40-39-,43-42-,54-52+,62-60+,70-68+. The minimum atomic E-state index is -4.38. The van der Waals surface area contributed by atoms with E-state index in [9.17, 15) is 19.4 Å². The molecule has 0 aliphatic heterocycles. The lowest BCUT2D eigenvalue weighted by Gasteiger charge is -2.25. The Kier molecular flexibility index (Phi) is 63.5. The van der Waals surface area contributed by atoms with E-state index in [2.05, 4.69) is 141 Å². The van der Waals surface area contributed by atoms with Crippen molar-refractivity contribution >= 4 is 13.7 Å². The Balaban J connectivity index is 4.16. The average Bonchev–Trinajstić information content (AvgIpc) is 3.70. The molecule has 86 heavy (non-hydrogen) atoms. The van der Waals surface area contributed by atoms with E-state index in [1.807, 2.05) is 27.2 Å². The van der Waals surface area contributed by atoms with Crippen molar-refractivity contribution in [2.45, 2.75) is 309 Å². The summed E-state index contributed by atoms with van der Waals surface area (Å²) >= 11 is 0. The largest absolute Gasteiger partial charge is 0.472 e. The third-order valence-electron chi connectivity index (χ3n) is 15.3. The topological polar surface area (TPSA) is 105 Å². The van der Waals surface area contributed by atoms with Crippen LogP contribution >= 0.6 is 7.82 Å². The quantitative estimate of drug-likeness (QED) is 0.0243. The van der Waals surface area contributed by atoms with Crippen LogP contribution in [-0.4, -0.2) is 73.4 Å². The molecule has 3 N–H and O–H groups in total. The first kappa shape index (κ1) is 82.6. The average molecular weight is 1220 g/mol. The number of nitrogens with one attached hydrogen (secondary N) is 1. The van der Waals surface area contributed by atoms with Crippen molar-refractivity contribution in [3.63, 3.8) is 0 Å². The predicted molar refractivity (Wildman–Crippen MR) is 378 cm³/mol. The van der Waals surface area contributed by atoms with E-state index in [1.54, 1.807) is 6.08 Å². The number of amides is 1. The molecular formula is C77H136N2O6P+. The van der Waals surface area contributed by atoms with Crippen LogP contribution in [0.5, 0.6) is 0 Å². The van der Waals surface area contributed by atoms with Crippen LogP contribution < -0.4 is 5.32 Å². The number of hydrogen-bond donors (Lipinski definition) is 3. The molecule has 0 aromatic heterocycles. The van der Waals surface area contributed by atoms with Gasteiger partial charge < -0.3 is 19.8 Å². The number of likely N-dealkylation sites (N-methyl/N-ethyl adjacent to an activating group) is 1. The Labute approximate surface area is 532 Å². The molecule has 8 nitrogen and oxygen atoms in total. The first-order valence-corrected chi connectivity index (χ1v) is 37.1. The summed E-state index contributed by atoms with van der Waals surface area (Å²) < 4.78 is 23.8. The highest BCUT2D eigenvalue weighted by Crippen LogP contribution is 2.43. The van der Waals surface area contributed by atoms with Crippen molar-refractivity contribution in [3.8, 4) is 0 Å². The Bertz CT molecular complexity index is 1870. The molecule has 0 bridgehead atoms. The second-order valence-electron chi connectivity index (χ2n) is 24.9. The number of carbonyl (C=O) groups excluding carboxylic acids is 1. The number of quaternary nitrogens is 1. The van der Waals surface area contributed by atoms with Crippen LogP contribution in [0.2, 0.25) is 0 Å². The first-order chi connectivity index (χ1) is 42.0. The summed E-state index contributed by atoms with van der Waals surface area (Å²) in [5, 5.41) is 14.0. The second-order valence-corrected chi connectivity index (χ2v) is 26.3. The molecule has 0 rings (SSSR count). The van der Waals surface area contributed by atoms with E-state index in [0.29, 0.717) is 17.4 Å². The summed E-state index contributed by atoms with van der Waals surface area (Å²) in [4.78, 5) is 23.4. The third kappa shape index (κ3) is 68.1. The van der Waals surface area contributed by atoms with Gasteiger partial charge in [-0.3, -0.25) is 13.8 Å². The van der Waals surface area contributed by atoms with Gasteiger partial charge in [-0.1, -0.05) is 314 Å². The maximum atomic E-state index is 13.1. The molecule has 3 unspecified atom stereocenters. The fourth-order valence-electron chi connectivity index (χ4n) is 9.86. The molecule has 494 valence electrons. The minimum Gasteiger partial charge on any atom is -0.387 e. The molecule has 0 heterocycles. The molecule has 0 saturated carbocycles. The lowest BCUT2D eigenvalue weighted by Crippen LogP contribution is -2.45. The second kappa shape index (κ2) is 66.1. The molecule has 0 aromatic rings. The molecular weight excluding hydrogens is 1080 g/mol. The first-order valence-electron chi connectivity index (χ1n) is 35.6. The van der Waals surface area contributed by atoms with Crippen molar-refractivity contribution in [3.05, 3.63) is 134 Å². The summed E-state index contributed by atoms with van der Waals surface area (Å²) in [6.07, 6.45) is 100. The highest BCUT2D eigenvalue weighted by Gasteiger charge is 2.28. The highest BCUT2D eigenvalue weighted by atomic mass is 31.2. The third-order valence-corrected chi connectivity index (χ3v) is 16.3. The number of hydrogen-bond acceptors (Lipinski definition) is 5. The number of aliphatic hydroxyl groups excluding tert-OH is 1. The Morgan fingerprint density at radius 2 is 0.709 bits per heavy atom. The zero-order chi connectivity index (χ0) is 62.6. The number of nitrogens with zero attached hydrogens (tertiary/aromatic N) is 1. The van der Waals surface area contributed by atoms with Crippen LogP contribution in [0, 0.1) is 0 Å². The van der Waals surface area contributed by atoms with Crippen LogP contribution in [0.4, 0.5) is 0 Å². The molecule has 0 saturated heterocycles. The molecule has 1 amide bonds. The maximum Gasteiger partial charge on any atom is 0.472 e. The van der Waals surface area contributed by atoms with Gasteiger partial charge >= 0.3 is 7.82 Å². The number of rotatable bonds is 64. The SMILES string of the molecule is CC/C=C\C/C=C\C/C=C\C/C=C\C/C=C\C/C=C\C/C=C\C/C=C\CCCCCCCCCCCCCCC(=O)NC(COP(=O)(O)OCC[N+](C)(C)C)C(O)/C=C/CC/C=C/CC/C=C/CCCCCCCCCCCCCCCCCCC. The van der Waals surface area contributed by atoms with Gasteiger partial charge in [-0.15, -0.1) is 0 Å². The lowest BCUT2D eigenvalue weighted by atomic mass is 10.0. The smallest absolute Gasteiger partial charge is 0.387 e. The fourth-order valence-corrected chi connectivity index (χ4v) is 10.6. The van der Waals surface area contributed by atoms with Crippen molar-refractivity contribution in [1.82, 2.24) is 5.32 Å². The van der Waals surface area contributed by atoms with Crippen LogP contribution in [0.15, 0.2) is 134 Å². The van der Waals surface area contributed by atoms with E-state index in [4.69, 9.17) is 9.05 Å². The van der Waals surface area contributed by atoms with E-state index in [1.165, 1.54) is 180 Å². The molecule has 3 atom stereocenters. The molecule has 0 fully saturated rings. The Morgan fingerprint density at radius 1 is 0.407 bits per heavy atom. The maximum absolute atomic E-state index is 13.1. The molecule has 0 radical (unpaired) electrons.